The van der Waals surface area contributed by atoms with Crippen LogP contribution in [0.3, 0.4) is 0 Å². The standard InChI is InChI=1S/C28H36N4O/c1-20-7-6-8-21(2)27(20)28(33)30-15-13-26(14-16-30)31-17-18-32(22(3)19-31)23(4)24-9-11-25(29-5)12-10-24/h6-12,22-23,26H,13-19H2,1-4H3. The van der Waals surface area contributed by atoms with Crippen molar-refractivity contribution >= 4 is 11.6 Å². The van der Waals surface area contributed by atoms with E-state index in [1.165, 1.54) is 5.56 Å². The lowest BCUT2D eigenvalue weighted by Gasteiger charge is -2.47. The molecule has 2 aliphatic heterocycles. The van der Waals surface area contributed by atoms with Crippen molar-refractivity contribution < 1.29 is 4.79 Å². The van der Waals surface area contributed by atoms with Crippen molar-refractivity contribution in [2.45, 2.75) is 58.7 Å². The molecule has 0 saturated carbocycles. The van der Waals surface area contributed by atoms with Crippen molar-refractivity contribution in [2.75, 3.05) is 32.7 Å². The quantitative estimate of drug-likeness (QED) is 0.606. The summed E-state index contributed by atoms with van der Waals surface area (Å²) in [5, 5.41) is 0. The molecule has 2 fully saturated rings. The molecular weight excluding hydrogens is 408 g/mol. The number of likely N-dealkylation sites (tertiary alicyclic amines) is 1. The van der Waals surface area contributed by atoms with E-state index in [1.54, 1.807) is 0 Å². The maximum absolute atomic E-state index is 13.2. The molecule has 2 saturated heterocycles. The summed E-state index contributed by atoms with van der Waals surface area (Å²) in [5.41, 5.74) is 5.01. The third kappa shape index (κ3) is 4.98. The Balaban J connectivity index is 1.32. The summed E-state index contributed by atoms with van der Waals surface area (Å²) in [6.45, 7) is 20.7. The molecule has 5 nitrogen and oxygen atoms in total. The van der Waals surface area contributed by atoms with Gasteiger partial charge in [-0.05, 0) is 57.2 Å². The Hall–Kier alpha value is -2.68. The highest BCUT2D eigenvalue weighted by Crippen LogP contribution is 2.29. The highest BCUT2D eigenvalue weighted by atomic mass is 16.2. The van der Waals surface area contributed by atoms with Crippen LogP contribution in [0.5, 0.6) is 0 Å². The molecule has 0 aromatic heterocycles. The third-order valence-corrected chi connectivity index (χ3v) is 7.68. The number of piperazine rings is 1. The van der Waals surface area contributed by atoms with Gasteiger partial charge in [-0.2, -0.15) is 0 Å². The fourth-order valence-corrected chi connectivity index (χ4v) is 5.67. The fraction of sp³-hybridized carbons (Fsp3) is 0.500. The van der Waals surface area contributed by atoms with E-state index in [4.69, 9.17) is 6.57 Å². The number of piperidine rings is 1. The first-order valence-electron chi connectivity index (χ1n) is 12.2. The minimum atomic E-state index is 0.195. The summed E-state index contributed by atoms with van der Waals surface area (Å²) in [7, 11) is 0. The second-order valence-corrected chi connectivity index (χ2v) is 9.75. The topological polar surface area (TPSA) is 31.1 Å². The zero-order chi connectivity index (χ0) is 23.5. The minimum absolute atomic E-state index is 0.195. The van der Waals surface area contributed by atoms with Crippen molar-refractivity contribution in [1.29, 1.82) is 0 Å². The Kier molecular flexibility index (Phi) is 7.17. The average Bonchev–Trinajstić information content (AvgIpc) is 2.83. The lowest BCUT2D eigenvalue weighted by molar-refractivity contribution is 0.0135. The van der Waals surface area contributed by atoms with Gasteiger partial charge < -0.3 is 4.90 Å². The van der Waals surface area contributed by atoms with Gasteiger partial charge in [-0.15, -0.1) is 0 Å². The monoisotopic (exact) mass is 444 g/mol. The first-order chi connectivity index (χ1) is 15.9. The van der Waals surface area contributed by atoms with Gasteiger partial charge in [-0.3, -0.25) is 14.6 Å². The van der Waals surface area contributed by atoms with Gasteiger partial charge in [0.2, 0.25) is 0 Å². The van der Waals surface area contributed by atoms with E-state index in [1.807, 2.05) is 44.2 Å². The summed E-state index contributed by atoms with van der Waals surface area (Å²) in [4.78, 5) is 24.0. The molecule has 5 heteroatoms. The smallest absolute Gasteiger partial charge is 0.254 e. The normalized spacial score (nSPS) is 21.5. The zero-order valence-electron chi connectivity index (χ0n) is 20.4. The van der Waals surface area contributed by atoms with Crippen molar-refractivity contribution in [2.24, 2.45) is 0 Å². The largest absolute Gasteiger partial charge is 0.339 e. The lowest BCUT2D eigenvalue weighted by Crippen LogP contribution is -2.57. The molecule has 33 heavy (non-hydrogen) atoms. The Labute approximate surface area is 198 Å². The highest BCUT2D eigenvalue weighted by molar-refractivity contribution is 5.97. The first-order valence-corrected chi connectivity index (χ1v) is 12.2. The Bertz CT molecular complexity index is 997. The van der Waals surface area contributed by atoms with Gasteiger partial charge >= 0.3 is 0 Å². The second kappa shape index (κ2) is 10.1. The van der Waals surface area contributed by atoms with Gasteiger partial charge in [0.05, 0.1) is 6.57 Å². The summed E-state index contributed by atoms with van der Waals surface area (Å²) in [6.07, 6.45) is 2.11. The van der Waals surface area contributed by atoms with Gasteiger partial charge in [0.1, 0.15) is 0 Å². The zero-order valence-corrected chi connectivity index (χ0v) is 20.4. The average molecular weight is 445 g/mol. The van der Waals surface area contributed by atoms with Gasteiger partial charge in [-0.1, -0.05) is 42.5 Å². The van der Waals surface area contributed by atoms with Crippen LogP contribution in [0, 0.1) is 20.4 Å². The van der Waals surface area contributed by atoms with E-state index >= 15 is 0 Å². The van der Waals surface area contributed by atoms with Crippen LogP contribution in [0.15, 0.2) is 42.5 Å². The fourth-order valence-electron chi connectivity index (χ4n) is 5.67. The van der Waals surface area contributed by atoms with Gasteiger partial charge in [-0.25, -0.2) is 4.85 Å². The molecule has 174 valence electrons. The van der Waals surface area contributed by atoms with Crippen LogP contribution >= 0.6 is 0 Å². The molecule has 4 rings (SSSR count). The van der Waals surface area contributed by atoms with Crippen molar-refractivity contribution in [3.8, 4) is 0 Å². The maximum Gasteiger partial charge on any atom is 0.254 e. The number of rotatable bonds is 4. The summed E-state index contributed by atoms with van der Waals surface area (Å²) >= 11 is 0. The van der Waals surface area contributed by atoms with E-state index in [-0.39, 0.29) is 5.91 Å². The number of hydrogen-bond donors (Lipinski definition) is 0. The number of carbonyl (C=O) groups excluding carboxylic acids is 1. The maximum atomic E-state index is 13.2. The number of hydrogen-bond acceptors (Lipinski definition) is 3. The molecule has 2 atom stereocenters. The van der Waals surface area contributed by atoms with Gasteiger partial charge in [0.15, 0.2) is 5.69 Å². The van der Waals surface area contributed by atoms with Crippen LogP contribution in [-0.4, -0.2) is 65.4 Å². The number of nitrogens with zero attached hydrogens (tertiary/aromatic N) is 4. The molecule has 1 amide bonds. The predicted molar refractivity (Wildman–Crippen MR) is 134 cm³/mol. The van der Waals surface area contributed by atoms with Crippen LogP contribution in [0.2, 0.25) is 0 Å². The summed E-state index contributed by atoms with van der Waals surface area (Å²) in [6, 6.07) is 15.5. The SMILES string of the molecule is [C-]#[N+]c1ccc(C(C)N2CCN(C3CCN(C(=O)c4c(C)cccc4C)CC3)CC2C)cc1. The highest BCUT2D eigenvalue weighted by Gasteiger charge is 2.34. The van der Waals surface area contributed by atoms with E-state index in [0.29, 0.717) is 23.8 Å². The molecule has 2 aromatic rings. The van der Waals surface area contributed by atoms with Crippen molar-refractivity contribution in [3.05, 3.63) is 76.1 Å². The molecule has 2 aliphatic rings. The molecular formula is C28H36N4O. The van der Waals surface area contributed by atoms with Crippen LogP contribution in [-0.2, 0) is 0 Å². The summed E-state index contributed by atoms with van der Waals surface area (Å²) < 4.78 is 0. The second-order valence-electron chi connectivity index (χ2n) is 9.75. The van der Waals surface area contributed by atoms with Crippen LogP contribution in [0.25, 0.3) is 4.85 Å². The number of benzene rings is 2. The molecule has 2 unspecified atom stereocenters. The number of aryl methyl sites for hydroxylation is 2. The van der Waals surface area contributed by atoms with Crippen LogP contribution < -0.4 is 0 Å². The predicted octanol–water partition coefficient (Wildman–Crippen LogP) is 5.23. The van der Waals surface area contributed by atoms with Gasteiger partial charge in [0.25, 0.3) is 5.91 Å². The molecule has 0 aliphatic carbocycles. The van der Waals surface area contributed by atoms with Crippen molar-refractivity contribution in [3.63, 3.8) is 0 Å². The minimum Gasteiger partial charge on any atom is -0.339 e. The molecule has 2 heterocycles. The molecule has 0 bridgehead atoms. The lowest BCUT2D eigenvalue weighted by atomic mass is 9.97. The first kappa shape index (κ1) is 23.5. The number of amides is 1. The van der Waals surface area contributed by atoms with E-state index in [2.05, 4.69) is 45.5 Å². The Morgan fingerprint density at radius 2 is 1.64 bits per heavy atom. The molecule has 2 aromatic carbocycles. The van der Waals surface area contributed by atoms with Crippen molar-refractivity contribution in [1.82, 2.24) is 14.7 Å². The Morgan fingerprint density at radius 3 is 2.21 bits per heavy atom. The molecule has 0 spiro atoms. The molecule has 0 radical (unpaired) electrons. The Morgan fingerprint density at radius 1 is 1.00 bits per heavy atom. The third-order valence-electron chi connectivity index (χ3n) is 7.68. The van der Waals surface area contributed by atoms with Crippen LogP contribution in [0.1, 0.15) is 59.8 Å². The van der Waals surface area contributed by atoms with E-state index in [0.717, 1.165) is 62.3 Å². The summed E-state index contributed by atoms with van der Waals surface area (Å²) in [5.74, 6) is 0.195. The number of carbonyl (C=O) groups is 1. The van der Waals surface area contributed by atoms with E-state index < -0.39 is 0 Å². The van der Waals surface area contributed by atoms with Gasteiger partial charge in [0, 0.05) is 56.4 Å². The van der Waals surface area contributed by atoms with E-state index in [9.17, 15) is 4.79 Å². The van der Waals surface area contributed by atoms with Crippen LogP contribution in [0.4, 0.5) is 5.69 Å². The molecule has 0 N–H and O–H groups in total.